The average molecular weight is 288 g/mol. The third kappa shape index (κ3) is 3.48. The third-order valence-electron chi connectivity index (χ3n) is 3.98. The molecule has 21 heavy (non-hydrogen) atoms. The summed E-state index contributed by atoms with van der Waals surface area (Å²) >= 11 is 0. The molecule has 4 nitrogen and oxygen atoms in total. The molecule has 0 amide bonds. The molecule has 0 radical (unpaired) electrons. The van der Waals surface area contributed by atoms with E-state index in [0.717, 1.165) is 29.9 Å². The smallest absolute Gasteiger partial charge is 0.141 e. The first-order chi connectivity index (χ1) is 9.80. The normalized spacial score (nSPS) is 17.7. The fourth-order valence-corrected chi connectivity index (χ4v) is 2.39. The predicted octanol–water partition coefficient (Wildman–Crippen LogP) is 3.00. The number of hydrogen-bond acceptors (Lipinski definition) is 4. The van der Waals surface area contributed by atoms with Crippen LogP contribution in [0.25, 0.3) is 0 Å². The van der Waals surface area contributed by atoms with Crippen molar-refractivity contribution < 1.29 is 9.47 Å². The fourth-order valence-electron chi connectivity index (χ4n) is 2.39. The van der Waals surface area contributed by atoms with Crippen LogP contribution in [0.5, 0.6) is 11.5 Å². The number of nitrogens with two attached hydrogens (primary N) is 1. The van der Waals surface area contributed by atoms with Crippen molar-refractivity contribution in [2.75, 3.05) is 13.7 Å². The quantitative estimate of drug-likeness (QED) is 0.904. The van der Waals surface area contributed by atoms with Gasteiger partial charge in [0.2, 0.25) is 0 Å². The van der Waals surface area contributed by atoms with Crippen molar-refractivity contribution in [1.29, 1.82) is 5.26 Å². The van der Waals surface area contributed by atoms with Crippen LogP contribution in [-0.4, -0.2) is 19.3 Å². The van der Waals surface area contributed by atoms with Crippen molar-refractivity contribution in [1.82, 2.24) is 0 Å². The summed E-state index contributed by atoms with van der Waals surface area (Å²) in [6.07, 6.45) is 2.03. The van der Waals surface area contributed by atoms with Gasteiger partial charge in [-0.3, -0.25) is 0 Å². The Bertz CT molecular complexity index is 553. The fraction of sp³-hybridized carbons (Fsp3) is 0.588. The second-order valence-electron chi connectivity index (χ2n) is 6.83. The SMILES string of the molecule is COc1ccc(OCC(N)(C#N)C2CC2)c(C(C)(C)C)c1. The van der Waals surface area contributed by atoms with Gasteiger partial charge in [-0.25, -0.2) is 0 Å². The first-order valence-corrected chi connectivity index (χ1v) is 7.31. The minimum atomic E-state index is -0.880. The number of nitriles is 1. The van der Waals surface area contributed by atoms with Gasteiger partial charge in [0.05, 0.1) is 13.2 Å². The van der Waals surface area contributed by atoms with Crippen LogP contribution in [-0.2, 0) is 5.41 Å². The number of nitrogens with zero attached hydrogens (tertiary/aromatic N) is 1. The lowest BCUT2D eigenvalue weighted by molar-refractivity contribution is 0.232. The van der Waals surface area contributed by atoms with Crippen LogP contribution in [0.2, 0.25) is 0 Å². The van der Waals surface area contributed by atoms with Gasteiger partial charge < -0.3 is 15.2 Å². The Balaban J connectivity index is 2.22. The van der Waals surface area contributed by atoms with Crippen LogP contribution in [0.1, 0.15) is 39.2 Å². The van der Waals surface area contributed by atoms with E-state index in [0.29, 0.717) is 0 Å². The highest BCUT2D eigenvalue weighted by Gasteiger charge is 2.43. The van der Waals surface area contributed by atoms with E-state index in [4.69, 9.17) is 15.2 Å². The van der Waals surface area contributed by atoms with Crippen molar-refractivity contribution >= 4 is 0 Å². The van der Waals surface area contributed by atoms with E-state index in [2.05, 4.69) is 26.8 Å². The number of rotatable bonds is 5. The van der Waals surface area contributed by atoms with Gasteiger partial charge in [0.15, 0.2) is 0 Å². The Morgan fingerprint density at radius 2 is 2.00 bits per heavy atom. The van der Waals surface area contributed by atoms with Gasteiger partial charge in [-0.1, -0.05) is 20.8 Å². The maximum absolute atomic E-state index is 9.31. The Labute approximate surface area is 126 Å². The number of hydrogen-bond donors (Lipinski definition) is 1. The first kappa shape index (κ1) is 15.7. The second kappa shape index (κ2) is 5.57. The topological polar surface area (TPSA) is 68.3 Å². The first-order valence-electron chi connectivity index (χ1n) is 7.31. The summed E-state index contributed by atoms with van der Waals surface area (Å²) in [5.74, 6) is 1.83. The molecule has 4 heteroatoms. The minimum absolute atomic E-state index is 0.0760. The largest absolute Gasteiger partial charge is 0.497 e. The van der Waals surface area contributed by atoms with Gasteiger partial charge in [-0.05, 0) is 42.4 Å². The Morgan fingerprint density at radius 1 is 1.33 bits per heavy atom. The van der Waals surface area contributed by atoms with Crippen LogP contribution in [0, 0.1) is 17.2 Å². The second-order valence-corrected chi connectivity index (χ2v) is 6.83. The molecule has 1 unspecified atom stereocenters. The number of methoxy groups -OCH3 is 1. The molecular formula is C17H24N2O2. The van der Waals surface area contributed by atoms with E-state index in [1.165, 1.54) is 0 Å². The lowest BCUT2D eigenvalue weighted by Gasteiger charge is -2.26. The molecule has 1 fully saturated rings. The van der Waals surface area contributed by atoms with Gasteiger partial charge in [0, 0.05) is 5.56 Å². The molecule has 2 rings (SSSR count). The van der Waals surface area contributed by atoms with Crippen molar-refractivity contribution in [3.05, 3.63) is 23.8 Å². The Morgan fingerprint density at radius 3 is 2.48 bits per heavy atom. The average Bonchev–Trinajstić information content (AvgIpc) is 3.28. The molecule has 1 saturated carbocycles. The molecule has 114 valence electrons. The summed E-state index contributed by atoms with van der Waals surface area (Å²) in [4.78, 5) is 0. The van der Waals surface area contributed by atoms with Crippen molar-refractivity contribution in [2.24, 2.45) is 11.7 Å². The van der Waals surface area contributed by atoms with E-state index in [-0.39, 0.29) is 17.9 Å². The number of ether oxygens (including phenoxy) is 2. The van der Waals surface area contributed by atoms with Crippen LogP contribution >= 0.6 is 0 Å². The van der Waals surface area contributed by atoms with Gasteiger partial charge >= 0.3 is 0 Å². The number of benzene rings is 1. The van der Waals surface area contributed by atoms with Crippen LogP contribution < -0.4 is 15.2 Å². The zero-order valence-electron chi connectivity index (χ0n) is 13.3. The standard InChI is InChI=1S/C17H24N2O2/c1-16(2,3)14-9-13(20-4)7-8-15(14)21-11-17(19,10-18)12-5-6-12/h7-9,12H,5-6,11,19H2,1-4H3. The van der Waals surface area contributed by atoms with E-state index in [1.54, 1.807) is 7.11 Å². The summed E-state index contributed by atoms with van der Waals surface area (Å²) in [7, 11) is 1.65. The molecule has 0 spiro atoms. The van der Waals surface area contributed by atoms with Crippen molar-refractivity contribution in [3.8, 4) is 17.6 Å². The third-order valence-corrected chi connectivity index (χ3v) is 3.98. The van der Waals surface area contributed by atoms with E-state index >= 15 is 0 Å². The van der Waals surface area contributed by atoms with Gasteiger partial charge in [0.1, 0.15) is 23.6 Å². The molecule has 0 aromatic heterocycles. The van der Waals surface area contributed by atoms with Crippen LogP contribution in [0.15, 0.2) is 18.2 Å². The molecule has 1 aromatic carbocycles. The molecule has 0 bridgehead atoms. The van der Waals surface area contributed by atoms with Gasteiger partial charge in [0.25, 0.3) is 0 Å². The van der Waals surface area contributed by atoms with Crippen LogP contribution in [0.3, 0.4) is 0 Å². The predicted molar refractivity (Wildman–Crippen MR) is 82.4 cm³/mol. The molecule has 1 aromatic rings. The summed E-state index contributed by atoms with van der Waals surface area (Å²) in [6, 6.07) is 7.96. The molecule has 1 atom stereocenters. The summed E-state index contributed by atoms with van der Waals surface area (Å²) in [5.41, 5.74) is 6.25. The highest BCUT2D eigenvalue weighted by atomic mass is 16.5. The summed E-state index contributed by atoms with van der Waals surface area (Å²) < 4.78 is 11.2. The molecular weight excluding hydrogens is 264 g/mol. The lowest BCUT2D eigenvalue weighted by atomic mass is 9.86. The molecule has 2 N–H and O–H groups in total. The summed E-state index contributed by atoms with van der Waals surface area (Å²) in [5, 5.41) is 9.31. The highest BCUT2D eigenvalue weighted by molar-refractivity contribution is 5.44. The lowest BCUT2D eigenvalue weighted by Crippen LogP contribution is -2.46. The highest BCUT2D eigenvalue weighted by Crippen LogP contribution is 2.39. The summed E-state index contributed by atoms with van der Waals surface area (Å²) in [6.45, 7) is 6.59. The zero-order valence-corrected chi connectivity index (χ0v) is 13.3. The van der Waals surface area contributed by atoms with E-state index < -0.39 is 5.54 Å². The maximum atomic E-state index is 9.31. The minimum Gasteiger partial charge on any atom is -0.497 e. The monoisotopic (exact) mass is 288 g/mol. The van der Waals surface area contributed by atoms with Gasteiger partial charge in [-0.2, -0.15) is 5.26 Å². The molecule has 0 saturated heterocycles. The zero-order chi connectivity index (χ0) is 15.7. The molecule has 1 aliphatic carbocycles. The van der Waals surface area contributed by atoms with Crippen molar-refractivity contribution in [2.45, 2.75) is 44.6 Å². The van der Waals surface area contributed by atoms with Crippen LogP contribution in [0.4, 0.5) is 0 Å². The van der Waals surface area contributed by atoms with E-state index in [1.807, 2.05) is 18.2 Å². The molecule has 0 heterocycles. The van der Waals surface area contributed by atoms with Crippen molar-refractivity contribution in [3.63, 3.8) is 0 Å². The maximum Gasteiger partial charge on any atom is 0.141 e. The Kier molecular flexibility index (Phi) is 4.15. The van der Waals surface area contributed by atoms with E-state index in [9.17, 15) is 5.26 Å². The Hall–Kier alpha value is -1.73. The molecule has 1 aliphatic rings. The molecule has 0 aliphatic heterocycles. The van der Waals surface area contributed by atoms with Gasteiger partial charge in [-0.15, -0.1) is 0 Å².